The summed E-state index contributed by atoms with van der Waals surface area (Å²) in [6, 6.07) is 0. The van der Waals surface area contributed by atoms with Crippen molar-refractivity contribution in [3.05, 3.63) is 12.2 Å². The molecule has 0 aromatic heterocycles. The van der Waals surface area contributed by atoms with Crippen molar-refractivity contribution in [2.24, 2.45) is 4.99 Å². The molecule has 1 heterocycles. The second-order valence-electron chi connectivity index (χ2n) is 1.62. The molecule has 56 valence electrons. The molecule has 0 unspecified atom stereocenters. The van der Waals surface area contributed by atoms with E-state index in [0.29, 0.717) is 0 Å². The van der Waals surface area contributed by atoms with Crippen LogP contribution in [0, 0.1) is 0 Å². The van der Waals surface area contributed by atoms with Crippen LogP contribution in [0.4, 0.5) is 0 Å². The van der Waals surface area contributed by atoms with Crippen LogP contribution in [-0.2, 0) is 0 Å². The molecule has 0 saturated carbocycles. The van der Waals surface area contributed by atoms with E-state index in [1.807, 2.05) is 12.3 Å². The van der Waals surface area contributed by atoms with Crippen molar-refractivity contribution in [2.75, 3.05) is 6.54 Å². The van der Waals surface area contributed by atoms with E-state index in [0.717, 1.165) is 13.0 Å². The number of allylic oxidation sites excluding steroid dienone is 1. The first-order valence-corrected chi connectivity index (χ1v) is 2.92. The van der Waals surface area contributed by atoms with E-state index in [4.69, 9.17) is 15.1 Å². The molecule has 5 heteroatoms. The summed E-state index contributed by atoms with van der Waals surface area (Å²) < 4.78 is 0. The Hall–Kier alpha value is -0.645. The topological polar surface area (TPSA) is 73.1 Å². The highest BCUT2D eigenvalue weighted by atomic mass is 16.5. The Morgan fingerprint density at radius 1 is 1.30 bits per heavy atom. The summed E-state index contributed by atoms with van der Waals surface area (Å²) in [5, 5.41) is 21.5. The molecule has 1 rings (SSSR count). The summed E-state index contributed by atoms with van der Waals surface area (Å²) in [6.45, 7) is 0.983. The second kappa shape index (κ2) is 6.47. The number of nitrogens with zero attached hydrogens (tertiary/aromatic N) is 1. The zero-order chi connectivity index (χ0) is 7.82. The van der Waals surface area contributed by atoms with Gasteiger partial charge in [-0.15, -0.1) is 0 Å². The predicted molar refractivity (Wildman–Crippen MR) is 39.5 cm³/mol. The number of aliphatic imine (C=N–C) groups is 1. The molecular weight excluding hydrogens is 133 g/mol. The van der Waals surface area contributed by atoms with Crippen molar-refractivity contribution < 1.29 is 15.1 Å². The first-order chi connectivity index (χ1) is 4.73. The summed E-state index contributed by atoms with van der Waals surface area (Å²) in [5.74, 6) is 0. The average Bonchev–Trinajstić information content (AvgIpc) is 1.90. The lowest BCUT2D eigenvalue weighted by molar-refractivity contribution is 0.278. The van der Waals surface area contributed by atoms with Gasteiger partial charge in [-0.1, -0.05) is 6.08 Å². The zero-order valence-electron chi connectivity index (χ0n) is 5.51. The van der Waals surface area contributed by atoms with Gasteiger partial charge in [-0.05, 0) is 12.5 Å². The van der Waals surface area contributed by atoms with Gasteiger partial charge in [0.1, 0.15) is 0 Å². The maximum Gasteiger partial charge on any atom is 0.631 e. The normalized spacial score (nSPS) is 13.9. The van der Waals surface area contributed by atoms with Gasteiger partial charge < -0.3 is 15.1 Å². The summed E-state index contributed by atoms with van der Waals surface area (Å²) in [7, 11) is -2.17. The molecule has 0 spiro atoms. The van der Waals surface area contributed by atoms with Crippen molar-refractivity contribution in [3.63, 3.8) is 0 Å². The summed E-state index contributed by atoms with van der Waals surface area (Å²) >= 11 is 0. The number of dihydropyridines is 1. The smallest absolute Gasteiger partial charge is 0.402 e. The van der Waals surface area contributed by atoms with Crippen LogP contribution in [0.15, 0.2) is 17.1 Å². The molecule has 0 aliphatic carbocycles. The van der Waals surface area contributed by atoms with Gasteiger partial charge in [-0.25, -0.2) is 0 Å². The van der Waals surface area contributed by atoms with Crippen LogP contribution in [0.1, 0.15) is 6.42 Å². The van der Waals surface area contributed by atoms with Crippen molar-refractivity contribution in [1.82, 2.24) is 0 Å². The zero-order valence-corrected chi connectivity index (χ0v) is 5.51. The average molecular weight is 143 g/mol. The molecule has 0 saturated heterocycles. The molecule has 3 N–H and O–H groups in total. The maximum absolute atomic E-state index is 7.17. The lowest BCUT2D eigenvalue weighted by atomic mass is 10.3. The summed E-state index contributed by atoms with van der Waals surface area (Å²) in [6.07, 6.45) is 7.05. The third-order valence-corrected chi connectivity index (χ3v) is 0.752. The van der Waals surface area contributed by atoms with Crippen molar-refractivity contribution in [1.29, 1.82) is 0 Å². The van der Waals surface area contributed by atoms with Crippen molar-refractivity contribution in [3.8, 4) is 0 Å². The van der Waals surface area contributed by atoms with E-state index < -0.39 is 7.32 Å². The van der Waals surface area contributed by atoms with Gasteiger partial charge in [-0.2, -0.15) is 0 Å². The van der Waals surface area contributed by atoms with Crippen LogP contribution in [-0.4, -0.2) is 35.2 Å². The lowest BCUT2D eigenvalue weighted by Crippen LogP contribution is -2.07. The molecule has 0 fully saturated rings. The Balaban J connectivity index is 0.000000180. The Bertz CT molecular complexity index is 109. The Kier molecular flexibility index (Phi) is 6.06. The van der Waals surface area contributed by atoms with E-state index in [2.05, 4.69) is 11.1 Å². The SMILES string of the molecule is C1=CCCN=C1.OB(O)O. The van der Waals surface area contributed by atoms with E-state index in [1.165, 1.54) is 0 Å². The second-order valence-corrected chi connectivity index (χ2v) is 1.62. The fraction of sp³-hybridized carbons (Fsp3) is 0.400. The van der Waals surface area contributed by atoms with Crippen LogP contribution in [0.2, 0.25) is 0 Å². The fourth-order valence-electron chi connectivity index (χ4n) is 0.442. The monoisotopic (exact) mass is 143 g/mol. The van der Waals surface area contributed by atoms with Crippen molar-refractivity contribution >= 4 is 13.5 Å². The molecule has 0 atom stereocenters. The van der Waals surface area contributed by atoms with Gasteiger partial charge in [0.15, 0.2) is 0 Å². The molecule has 0 bridgehead atoms. The third kappa shape index (κ3) is 10.4. The maximum atomic E-state index is 7.17. The molecular formula is C5H10BNO3. The number of hydrogen-bond donors (Lipinski definition) is 3. The standard InChI is InChI=1S/C5H7N.BH3O3/c1-2-4-6-5-3-1;2-1(3)4/h1-2,4H,3,5H2;2-4H. The van der Waals surface area contributed by atoms with Crippen LogP contribution < -0.4 is 0 Å². The molecule has 0 radical (unpaired) electrons. The molecule has 10 heavy (non-hydrogen) atoms. The summed E-state index contributed by atoms with van der Waals surface area (Å²) in [4.78, 5) is 3.97. The minimum Gasteiger partial charge on any atom is -0.402 e. The minimum absolute atomic E-state index is 0.983. The molecule has 1 aliphatic rings. The van der Waals surface area contributed by atoms with Gasteiger partial charge in [0.05, 0.1) is 0 Å². The first kappa shape index (κ1) is 9.35. The third-order valence-electron chi connectivity index (χ3n) is 0.752. The molecule has 1 aliphatic heterocycles. The quantitative estimate of drug-likeness (QED) is 0.379. The molecule has 4 nitrogen and oxygen atoms in total. The fourth-order valence-corrected chi connectivity index (χ4v) is 0.442. The lowest BCUT2D eigenvalue weighted by Gasteiger charge is -1.88. The van der Waals surface area contributed by atoms with Gasteiger partial charge in [0, 0.05) is 12.8 Å². The van der Waals surface area contributed by atoms with Gasteiger partial charge in [0.2, 0.25) is 0 Å². The number of hydrogen-bond acceptors (Lipinski definition) is 4. The highest BCUT2D eigenvalue weighted by Crippen LogP contribution is 1.87. The highest BCUT2D eigenvalue weighted by Gasteiger charge is 1.92. The van der Waals surface area contributed by atoms with Crippen LogP contribution in [0.25, 0.3) is 0 Å². The first-order valence-electron chi connectivity index (χ1n) is 2.92. The van der Waals surface area contributed by atoms with Gasteiger partial charge in [0.25, 0.3) is 0 Å². The van der Waals surface area contributed by atoms with Crippen molar-refractivity contribution in [2.45, 2.75) is 6.42 Å². The molecule has 0 aromatic rings. The van der Waals surface area contributed by atoms with Crippen LogP contribution in [0.5, 0.6) is 0 Å². The van der Waals surface area contributed by atoms with E-state index in [-0.39, 0.29) is 0 Å². The largest absolute Gasteiger partial charge is 0.631 e. The van der Waals surface area contributed by atoms with E-state index in [9.17, 15) is 0 Å². The summed E-state index contributed by atoms with van der Waals surface area (Å²) in [5.41, 5.74) is 0. The van der Waals surface area contributed by atoms with Gasteiger partial charge in [-0.3, -0.25) is 4.99 Å². The Morgan fingerprint density at radius 2 is 1.90 bits per heavy atom. The van der Waals surface area contributed by atoms with E-state index in [1.54, 1.807) is 0 Å². The van der Waals surface area contributed by atoms with Gasteiger partial charge >= 0.3 is 7.32 Å². The minimum atomic E-state index is -2.17. The van der Waals surface area contributed by atoms with Crippen LogP contribution >= 0.6 is 0 Å². The Morgan fingerprint density at radius 3 is 2.00 bits per heavy atom. The predicted octanol–water partition coefficient (Wildman–Crippen LogP) is -1.03. The number of rotatable bonds is 0. The Labute approximate surface area is 59.7 Å². The molecule has 0 aromatic carbocycles. The highest BCUT2D eigenvalue weighted by molar-refractivity contribution is 6.30. The van der Waals surface area contributed by atoms with Crippen LogP contribution in [0.3, 0.4) is 0 Å². The molecule has 0 amide bonds. The van der Waals surface area contributed by atoms with E-state index >= 15 is 0 Å².